The van der Waals surface area contributed by atoms with Crippen LogP contribution in [0.15, 0.2) is 36.7 Å². The highest BCUT2D eigenvalue weighted by Gasteiger charge is 2.61. The molecule has 0 aliphatic carbocycles. The van der Waals surface area contributed by atoms with E-state index in [-0.39, 0.29) is 18.8 Å². The molecular weight excluding hydrogens is 384 g/mol. The number of aromatic nitrogens is 2. The zero-order valence-electron chi connectivity index (χ0n) is 17.7. The molecule has 30 heavy (non-hydrogen) atoms. The van der Waals surface area contributed by atoms with E-state index in [9.17, 15) is 19.5 Å². The van der Waals surface area contributed by atoms with Crippen molar-refractivity contribution in [2.24, 2.45) is 24.6 Å². The molecule has 0 bridgehead atoms. The van der Waals surface area contributed by atoms with E-state index >= 15 is 0 Å². The molecule has 2 amide bonds. The Morgan fingerprint density at radius 1 is 1.27 bits per heavy atom. The third kappa shape index (κ3) is 3.58. The standard InChI is InChI=1S/C22H28N4O4/c1-13(2)11-22(21(29)30)12-16(18(23)27)17(19-24-9-10-25(19)4)26(22)20(28)15-7-5-14(3)6-8-15/h5-10,13,16-17H,11-12H2,1-4H3,(H2,23,27)(H,29,30). The number of aliphatic carboxylic acids is 1. The minimum absolute atomic E-state index is 0.0249. The Labute approximate surface area is 175 Å². The van der Waals surface area contributed by atoms with Crippen molar-refractivity contribution >= 4 is 17.8 Å². The summed E-state index contributed by atoms with van der Waals surface area (Å²) in [7, 11) is 1.75. The number of carboxylic acids is 1. The largest absolute Gasteiger partial charge is 0.479 e. The predicted molar refractivity (Wildman–Crippen MR) is 110 cm³/mol. The van der Waals surface area contributed by atoms with E-state index in [0.717, 1.165) is 5.56 Å². The molecule has 2 heterocycles. The summed E-state index contributed by atoms with van der Waals surface area (Å²) in [5, 5.41) is 10.3. The molecule has 3 N–H and O–H groups in total. The number of aryl methyl sites for hydroxylation is 2. The highest BCUT2D eigenvalue weighted by molar-refractivity contribution is 6.00. The number of nitrogens with zero attached hydrogens (tertiary/aromatic N) is 3. The molecule has 1 fully saturated rings. The smallest absolute Gasteiger partial charge is 0.329 e. The SMILES string of the molecule is Cc1ccc(C(=O)N2C(c3nccn3C)C(C(N)=O)CC2(CC(C)C)C(=O)O)cc1. The summed E-state index contributed by atoms with van der Waals surface area (Å²) in [6.07, 6.45) is 3.41. The number of carbonyl (C=O) groups excluding carboxylic acids is 2. The number of likely N-dealkylation sites (tertiary alicyclic amines) is 1. The first kappa shape index (κ1) is 21.5. The van der Waals surface area contributed by atoms with E-state index < -0.39 is 35.3 Å². The van der Waals surface area contributed by atoms with Crippen LogP contribution in [0.5, 0.6) is 0 Å². The first-order valence-corrected chi connectivity index (χ1v) is 9.98. The molecule has 3 atom stereocenters. The Hall–Kier alpha value is -3.16. The Balaban J connectivity index is 2.24. The lowest BCUT2D eigenvalue weighted by molar-refractivity contribution is -0.150. The number of benzene rings is 1. The van der Waals surface area contributed by atoms with Crippen LogP contribution in [0.1, 0.15) is 54.5 Å². The molecule has 1 aliphatic heterocycles. The number of hydrogen-bond donors (Lipinski definition) is 2. The fraction of sp³-hybridized carbons (Fsp3) is 0.455. The lowest BCUT2D eigenvalue weighted by Crippen LogP contribution is -2.54. The van der Waals surface area contributed by atoms with Gasteiger partial charge in [-0.1, -0.05) is 31.5 Å². The van der Waals surface area contributed by atoms with Crippen molar-refractivity contribution in [1.29, 1.82) is 0 Å². The van der Waals surface area contributed by atoms with Gasteiger partial charge >= 0.3 is 5.97 Å². The molecule has 2 aromatic rings. The molecule has 8 heteroatoms. The fourth-order valence-electron chi connectivity index (χ4n) is 4.52. The second-order valence-electron chi connectivity index (χ2n) is 8.53. The molecule has 0 spiro atoms. The van der Waals surface area contributed by atoms with Crippen molar-refractivity contribution in [2.45, 2.75) is 45.2 Å². The zero-order valence-corrected chi connectivity index (χ0v) is 17.7. The molecule has 3 rings (SSSR count). The molecule has 1 aromatic heterocycles. The van der Waals surface area contributed by atoms with Gasteiger partial charge in [0.15, 0.2) is 0 Å². The number of primary amides is 1. The maximum Gasteiger partial charge on any atom is 0.329 e. The number of nitrogens with two attached hydrogens (primary N) is 1. The van der Waals surface area contributed by atoms with Gasteiger partial charge in [0.05, 0.1) is 5.92 Å². The summed E-state index contributed by atoms with van der Waals surface area (Å²) < 4.78 is 1.70. The molecule has 8 nitrogen and oxygen atoms in total. The molecule has 1 aliphatic rings. The summed E-state index contributed by atoms with van der Waals surface area (Å²) in [6, 6.07) is 6.08. The lowest BCUT2D eigenvalue weighted by Gasteiger charge is -2.39. The number of carbonyl (C=O) groups is 3. The van der Waals surface area contributed by atoms with Gasteiger partial charge in [-0.05, 0) is 37.8 Å². The number of amides is 2. The Bertz CT molecular complexity index is 966. The number of rotatable bonds is 6. The molecule has 1 aromatic carbocycles. The summed E-state index contributed by atoms with van der Waals surface area (Å²) in [5.41, 5.74) is 5.49. The summed E-state index contributed by atoms with van der Waals surface area (Å²) in [6.45, 7) is 5.70. The molecule has 0 radical (unpaired) electrons. The fourth-order valence-corrected chi connectivity index (χ4v) is 4.52. The molecular formula is C22H28N4O4. The summed E-state index contributed by atoms with van der Waals surface area (Å²) in [5.74, 6) is -2.68. The van der Waals surface area contributed by atoms with E-state index in [1.807, 2.05) is 20.8 Å². The minimum atomic E-state index is -1.56. The van der Waals surface area contributed by atoms with Crippen molar-refractivity contribution in [3.8, 4) is 0 Å². The van der Waals surface area contributed by atoms with E-state index in [1.165, 1.54) is 4.90 Å². The first-order chi connectivity index (χ1) is 14.1. The van der Waals surface area contributed by atoms with Crippen LogP contribution in [0.4, 0.5) is 0 Å². The Kier molecular flexibility index (Phi) is 5.70. The van der Waals surface area contributed by atoms with E-state index in [2.05, 4.69) is 4.98 Å². The highest BCUT2D eigenvalue weighted by atomic mass is 16.4. The van der Waals surface area contributed by atoms with Gasteiger partial charge in [0.2, 0.25) is 5.91 Å². The monoisotopic (exact) mass is 412 g/mol. The van der Waals surface area contributed by atoms with Gasteiger partial charge < -0.3 is 20.3 Å². The van der Waals surface area contributed by atoms with Gasteiger partial charge in [-0.25, -0.2) is 9.78 Å². The lowest BCUT2D eigenvalue weighted by atomic mass is 9.83. The third-order valence-corrected chi connectivity index (χ3v) is 5.83. The van der Waals surface area contributed by atoms with Crippen molar-refractivity contribution in [2.75, 3.05) is 0 Å². The van der Waals surface area contributed by atoms with Gasteiger partial charge in [0.25, 0.3) is 5.91 Å². The molecule has 160 valence electrons. The zero-order chi connectivity index (χ0) is 22.2. The van der Waals surface area contributed by atoms with Crippen LogP contribution in [0.3, 0.4) is 0 Å². The summed E-state index contributed by atoms with van der Waals surface area (Å²) >= 11 is 0. The van der Waals surface area contributed by atoms with E-state index in [4.69, 9.17) is 5.73 Å². The number of hydrogen-bond acceptors (Lipinski definition) is 4. The number of imidazole rings is 1. The van der Waals surface area contributed by atoms with Crippen molar-refractivity contribution in [3.63, 3.8) is 0 Å². The van der Waals surface area contributed by atoms with Crippen LogP contribution in [-0.2, 0) is 16.6 Å². The maximum atomic E-state index is 13.7. The second-order valence-corrected chi connectivity index (χ2v) is 8.53. The Morgan fingerprint density at radius 2 is 1.90 bits per heavy atom. The normalized spacial score (nSPS) is 23.7. The van der Waals surface area contributed by atoms with Gasteiger partial charge in [0.1, 0.15) is 17.4 Å². The van der Waals surface area contributed by atoms with Gasteiger partial charge in [-0.15, -0.1) is 0 Å². The topological polar surface area (TPSA) is 119 Å². The highest BCUT2D eigenvalue weighted by Crippen LogP contribution is 2.49. The van der Waals surface area contributed by atoms with E-state index in [0.29, 0.717) is 11.4 Å². The van der Waals surface area contributed by atoms with Crippen LogP contribution in [0.2, 0.25) is 0 Å². The maximum absolute atomic E-state index is 13.7. The van der Waals surface area contributed by atoms with Gasteiger partial charge in [-0.3, -0.25) is 9.59 Å². The van der Waals surface area contributed by atoms with Gasteiger partial charge in [0, 0.05) is 25.0 Å². The summed E-state index contributed by atoms with van der Waals surface area (Å²) in [4.78, 5) is 44.5. The number of carboxylic acid groups (broad SMARTS) is 1. The van der Waals surface area contributed by atoms with Crippen molar-refractivity contribution in [1.82, 2.24) is 14.5 Å². The van der Waals surface area contributed by atoms with Crippen molar-refractivity contribution in [3.05, 3.63) is 53.6 Å². The van der Waals surface area contributed by atoms with Gasteiger partial charge in [-0.2, -0.15) is 0 Å². The first-order valence-electron chi connectivity index (χ1n) is 9.98. The van der Waals surface area contributed by atoms with E-state index in [1.54, 1.807) is 48.3 Å². The van der Waals surface area contributed by atoms with Crippen LogP contribution >= 0.6 is 0 Å². The average Bonchev–Trinajstić information content (AvgIpc) is 3.23. The quantitative estimate of drug-likeness (QED) is 0.755. The van der Waals surface area contributed by atoms with Crippen LogP contribution in [0, 0.1) is 18.8 Å². The van der Waals surface area contributed by atoms with Crippen LogP contribution in [-0.4, -0.2) is 42.9 Å². The molecule has 1 saturated heterocycles. The second kappa shape index (κ2) is 7.93. The van der Waals surface area contributed by atoms with Crippen LogP contribution in [0.25, 0.3) is 0 Å². The third-order valence-electron chi connectivity index (χ3n) is 5.83. The average molecular weight is 412 g/mol. The Morgan fingerprint density at radius 3 is 2.37 bits per heavy atom. The van der Waals surface area contributed by atoms with Crippen LogP contribution < -0.4 is 5.73 Å². The molecule has 0 saturated carbocycles. The van der Waals surface area contributed by atoms with Crippen molar-refractivity contribution < 1.29 is 19.5 Å². The predicted octanol–water partition coefficient (Wildman–Crippen LogP) is 2.29. The minimum Gasteiger partial charge on any atom is -0.479 e. The molecule has 3 unspecified atom stereocenters.